The Morgan fingerprint density at radius 3 is 2.27 bits per heavy atom. The SMILES string of the molecule is CCN(CC)S(=O)(=O)c1ccc(C(=O)CNc2cc(Cl)ccc2C)cc1. The van der Waals surface area contributed by atoms with E-state index in [1.807, 2.05) is 13.0 Å². The van der Waals surface area contributed by atoms with Crippen molar-refractivity contribution in [3.8, 4) is 0 Å². The lowest BCUT2D eigenvalue weighted by atomic mass is 10.1. The van der Waals surface area contributed by atoms with Gasteiger partial charge < -0.3 is 5.32 Å². The molecule has 140 valence electrons. The van der Waals surface area contributed by atoms with Gasteiger partial charge in [-0.2, -0.15) is 4.31 Å². The van der Waals surface area contributed by atoms with Crippen LogP contribution in [0.3, 0.4) is 0 Å². The summed E-state index contributed by atoms with van der Waals surface area (Å²) in [6.07, 6.45) is 0. The summed E-state index contributed by atoms with van der Waals surface area (Å²) in [6.45, 7) is 6.43. The number of Topliss-reactive ketones (excluding diaryl/α,β-unsaturated/α-hetero) is 1. The molecule has 0 saturated carbocycles. The number of nitrogens with zero attached hydrogens (tertiary/aromatic N) is 1. The van der Waals surface area contributed by atoms with Crippen LogP contribution in [0.25, 0.3) is 0 Å². The summed E-state index contributed by atoms with van der Waals surface area (Å²) < 4.78 is 26.3. The summed E-state index contributed by atoms with van der Waals surface area (Å²) in [6, 6.07) is 11.5. The first-order valence-corrected chi connectivity index (χ1v) is 10.2. The maximum Gasteiger partial charge on any atom is 0.243 e. The van der Waals surface area contributed by atoms with Crippen molar-refractivity contribution in [3.63, 3.8) is 0 Å². The Balaban J connectivity index is 2.10. The maximum atomic E-state index is 12.5. The molecule has 0 radical (unpaired) electrons. The van der Waals surface area contributed by atoms with Gasteiger partial charge in [0.25, 0.3) is 0 Å². The summed E-state index contributed by atoms with van der Waals surface area (Å²) in [7, 11) is -3.52. The lowest BCUT2D eigenvalue weighted by molar-refractivity contribution is 0.101. The Hall–Kier alpha value is -1.89. The summed E-state index contributed by atoms with van der Waals surface area (Å²) in [4.78, 5) is 12.6. The first-order chi connectivity index (χ1) is 12.3. The highest BCUT2D eigenvalue weighted by Gasteiger charge is 2.21. The quantitative estimate of drug-likeness (QED) is 0.688. The first-order valence-electron chi connectivity index (χ1n) is 8.43. The van der Waals surface area contributed by atoms with E-state index in [1.54, 1.807) is 38.1 Å². The number of carbonyl (C=O) groups excluding carboxylic acids is 1. The van der Waals surface area contributed by atoms with Crippen molar-refractivity contribution < 1.29 is 13.2 Å². The third-order valence-corrected chi connectivity index (χ3v) is 6.46. The van der Waals surface area contributed by atoms with Gasteiger partial charge in [-0.1, -0.05) is 31.5 Å². The first kappa shape index (κ1) is 20.4. The number of aryl methyl sites for hydroxylation is 1. The van der Waals surface area contributed by atoms with E-state index in [-0.39, 0.29) is 17.2 Å². The molecule has 26 heavy (non-hydrogen) atoms. The zero-order valence-corrected chi connectivity index (χ0v) is 16.7. The van der Waals surface area contributed by atoms with Gasteiger partial charge in [-0.3, -0.25) is 4.79 Å². The molecule has 0 aromatic heterocycles. The van der Waals surface area contributed by atoms with Crippen LogP contribution in [-0.4, -0.2) is 38.1 Å². The van der Waals surface area contributed by atoms with Crippen LogP contribution in [0.2, 0.25) is 5.02 Å². The number of halogens is 1. The van der Waals surface area contributed by atoms with Crippen molar-refractivity contribution in [2.24, 2.45) is 0 Å². The Kier molecular flexibility index (Phi) is 6.81. The molecule has 0 saturated heterocycles. The average molecular weight is 395 g/mol. The lowest BCUT2D eigenvalue weighted by Crippen LogP contribution is -2.30. The molecule has 0 amide bonds. The van der Waals surface area contributed by atoms with E-state index in [0.717, 1.165) is 11.3 Å². The molecule has 2 aromatic carbocycles. The van der Waals surface area contributed by atoms with Gasteiger partial charge >= 0.3 is 0 Å². The van der Waals surface area contributed by atoms with Crippen LogP contribution in [0.15, 0.2) is 47.4 Å². The zero-order chi connectivity index (χ0) is 19.3. The summed E-state index contributed by atoms with van der Waals surface area (Å²) in [5.41, 5.74) is 2.24. The fraction of sp³-hybridized carbons (Fsp3) is 0.316. The van der Waals surface area contributed by atoms with Crippen LogP contribution >= 0.6 is 11.6 Å². The third kappa shape index (κ3) is 4.63. The topological polar surface area (TPSA) is 66.5 Å². The molecular weight excluding hydrogens is 372 g/mol. The highest BCUT2D eigenvalue weighted by Crippen LogP contribution is 2.20. The van der Waals surface area contributed by atoms with E-state index in [9.17, 15) is 13.2 Å². The number of benzene rings is 2. The predicted molar refractivity (Wildman–Crippen MR) is 106 cm³/mol. The maximum absolute atomic E-state index is 12.5. The minimum Gasteiger partial charge on any atom is -0.377 e. The molecule has 0 aliphatic heterocycles. The lowest BCUT2D eigenvalue weighted by Gasteiger charge is -2.18. The van der Waals surface area contributed by atoms with E-state index in [1.165, 1.54) is 16.4 Å². The molecule has 0 aliphatic carbocycles. The number of nitrogens with one attached hydrogen (secondary N) is 1. The summed E-state index contributed by atoms with van der Waals surface area (Å²) >= 11 is 5.97. The van der Waals surface area contributed by atoms with E-state index < -0.39 is 10.0 Å². The van der Waals surface area contributed by atoms with E-state index >= 15 is 0 Å². The number of ketones is 1. The van der Waals surface area contributed by atoms with Gasteiger partial charge in [0.1, 0.15) is 0 Å². The zero-order valence-electron chi connectivity index (χ0n) is 15.1. The Morgan fingerprint density at radius 2 is 1.69 bits per heavy atom. The average Bonchev–Trinajstić information content (AvgIpc) is 2.63. The molecule has 2 aromatic rings. The predicted octanol–water partition coefficient (Wildman–Crippen LogP) is 3.97. The molecule has 0 unspecified atom stereocenters. The smallest absolute Gasteiger partial charge is 0.243 e. The molecule has 5 nitrogen and oxygen atoms in total. The number of hydrogen-bond acceptors (Lipinski definition) is 4. The van der Waals surface area contributed by atoms with E-state index in [4.69, 9.17) is 11.6 Å². The number of sulfonamides is 1. The molecule has 0 atom stereocenters. The van der Waals surface area contributed by atoms with Gasteiger partial charge in [0.05, 0.1) is 11.4 Å². The van der Waals surface area contributed by atoms with Gasteiger partial charge in [-0.15, -0.1) is 0 Å². The molecule has 1 N–H and O–H groups in total. The van der Waals surface area contributed by atoms with E-state index in [2.05, 4.69) is 5.32 Å². The minimum atomic E-state index is -3.52. The van der Waals surface area contributed by atoms with Gasteiger partial charge in [-0.05, 0) is 48.9 Å². The second-order valence-corrected chi connectivity index (χ2v) is 8.22. The van der Waals surface area contributed by atoms with Gasteiger partial charge in [0.2, 0.25) is 10.0 Å². The van der Waals surface area contributed by atoms with Crippen molar-refractivity contribution in [2.45, 2.75) is 25.7 Å². The fourth-order valence-electron chi connectivity index (χ4n) is 2.59. The monoisotopic (exact) mass is 394 g/mol. The molecule has 0 fully saturated rings. The molecule has 7 heteroatoms. The third-order valence-electron chi connectivity index (χ3n) is 4.16. The van der Waals surface area contributed by atoms with Crippen LogP contribution in [0.1, 0.15) is 29.8 Å². The Labute approximate surface area is 160 Å². The highest BCUT2D eigenvalue weighted by molar-refractivity contribution is 7.89. The van der Waals surface area contributed by atoms with E-state index in [0.29, 0.717) is 23.7 Å². The van der Waals surface area contributed by atoms with Crippen molar-refractivity contribution in [2.75, 3.05) is 25.0 Å². The molecule has 2 rings (SSSR count). The fourth-order valence-corrected chi connectivity index (χ4v) is 4.22. The summed E-state index contributed by atoms with van der Waals surface area (Å²) in [5, 5.41) is 3.67. The van der Waals surface area contributed by atoms with Gasteiger partial charge in [0, 0.05) is 29.4 Å². The highest BCUT2D eigenvalue weighted by atomic mass is 35.5. The normalized spacial score (nSPS) is 11.6. The minimum absolute atomic E-state index is 0.101. The van der Waals surface area contributed by atoms with Crippen LogP contribution in [0.5, 0.6) is 0 Å². The molecule has 0 bridgehead atoms. The number of rotatable bonds is 8. The standard InChI is InChI=1S/C19H23ClN2O3S/c1-4-22(5-2)26(24,25)17-10-7-15(8-11-17)19(23)13-21-18-12-16(20)9-6-14(18)3/h6-12,21H,4-5,13H2,1-3H3. The van der Waals surface area contributed by atoms with Crippen LogP contribution < -0.4 is 5.32 Å². The van der Waals surface area contributed by atoms with Crippen LogP contribution in [0.4, 0.5) is 5.69 Å². The van der Waals surface area contributed by atoms with Crippen LogP contribution in [-0.2, 0) is 10.0 Å². The number of hydrogen-bond donors (Lipinski definition) is 1. The van der Waals surface area contributed by atoms with Crippen molar-refractivity contribution in [1.82, 2.24) is 4.31 Å². The molecule has 0 aliphatic rings. The largest absolute Gasteiger partial charge is 0.377 e. The Morgan fingerprint density at radius 1 is 1.08 bits per heavy atom. The van der Waals surface area contributed by atoms with Gasteiger partial charge in [0.15, 0.2) is 5.78 Å². The van der Waals surface area contributed by atoms with Gasteiger partial charge in [-0.25, -0.2) is 8.42 Å². The molecule has 0 heterocycles. The van der Waals surface area contributed by atoms with Crippen molar-refractivity contribution in [1.29, 1.82) is 0 Å². The number of anilines is 1. The van der Waals surface area contributed by atoms with Crippen molar-refractivity contribution in [3.05, 3.63) is 58.6 Å². The Bertz CT molecular complexity index is 876. The molecular formula is C19H23ClN2O3S. The second-order valence-electron chi connectivity index (χ2n) is 5.85. The van der Waals surface area contributed by atoms with Crippen molar-refractivity contribution >= 4 is 33.1 Å². The second kappa shape index (κ2) is 8.66. The summed E-state index contributed by atoms with van der Waals surface area (Å²) in [5.74, 6) is -0.129. The molecule has 0 spiro atoms. The van der Waals surface area contributed by atoms with Crippen LogP contribution in [0, 0.1) is 6.92 Å². The number of carbonyl (C=O) groups is 1.